The number of carbonyl (C=O) groups is 1. The van der Waals surface area contributed by atoms with E-state index >= 15 is 0 Å². The monoisotopic (exact) mass is 236 g/mol. The van der Waals surface area contributed by atoms with E-state index in [-0.39, 0.29) is 5.78 Å². The van der Waals surface area contributed by atoms with E-state index in [1.54, 1.807) is 25.3 Å². The molecule has 2 rings (SSSR count). The van der Waals surface area contributed by atoms with Gasteiger partial charge in [-0.1, -0.05) is 41.9 Å². The number of methoxy groups -OCH3 is 1. The second-order valence-corrected chi connectivity index (χ2v) is 4.05. The first-order chi connectivity index (χ1) is 8.70. The van der Waals surface area contributed by atoms with E-state index in [0.717, 1.165) is 5.56 Å². The van der Waals surface area contributed by atoms with Crippen LogP contribution >= 0.6 is 0 Å². The van der Waals surface area contributed by atoms with Crippen LogP contribution < -0.4 is 10.2 Å². The maximum atomic E-state index is 12.2. The lowest BCUT2D eigenvalue weighted by Gasteiger charge is -2.07. The molecule has 0 aliphatic rings. The molecular weight excluding hydrogens is 223 g/mol. The quantitative estimate of drug-likeness (QED) is 0.598. The molecule has 0 saturated carbocycles. The molecule has 0 aliphatic heterocycles. The van der Waals surface area contributed by atoms with Crippen molar-refractivity contribution in [3.63, 3.8) is 0 Å². The van der Waals surface area contributed by atoms with Crippen LogP contribution in [0, 0.1) is 0 Å². The minimum Gasteiger partial charge on any atom is -0.496 e. The van der Waals surface area contributed by atoms with E-state index in [1.807, 2.05) is 30.3 Å². The number of rotatable bonds is 4. The number of benzene rings is 2. The molecule has 18 heavy (non-hydrogen) atoms. The number of para-hydroxylation sites is 1. The van der Waals surface area contributed by atoms with Crippen molar-refractivity contribution in [2.24, 2.45) is 0 Å². The number of carbonyl (C=O) groups excluding carboxylic acids is 1. The maximum Gasteiger partial charge on any atom is 0.170 e. The molecular formula is C15H13BO2. The van der Waals surface area contributed by atoms with Crippen LogP contribution in [-0.2, 0) is 6.42 Å². The van der Waals surface area contributed by atoms with Crippen LogP contribution in [0.5, 0.6) is 5.75 Å². The van der Waals surface area contributed by atoms with E-state index in [9.17, 15) is 4.79 Å². The van der Waals surface area contributed by atoms with Crippen molar-refractivity contribution in [1.29, 1.82) is 0 Å². The summed E-state index contributed by atoms with van der Waals surface area (Å²) in [6.45, 7) is 0. The molecule has 0 N–H and O–H groups in total. The summed E-state index contributed by atoms with van der Waals surface area (Å²) >= 11 is 0. The van der Waals surface area contributed by atoms with Gasteiger partial charge in [-0.2, -0.15) is 0 Å². The summed E-state index contributed by atoms with van der Waals surface area (Å²) in [6, 6.07) is 14.6. The zero-order chi connectivity index (χ0) is 13.0. The van der Waals surface area contributed by atoms with Crippen LogP contribution in [0.3, 0.4) is 0 Å². The van der Waals surface area contributed by atoms with Crippen LogP contribution in [0.15, 0.2) is 48.5 Å². The Morgan fingerprint density at radius 2 is 1.94 bits per heavy atom. The lowest BCUT2D eigenvalue weighted by atomic mass is 9.92. The summed E-state index contributed by atoms with van der Waals surface area (Å²) in [4.78, 5) is 12.2. The van der Waals surface area contributed by atoms with Gasteiger partial charge in [0.25, 0.3) is 0 Å². The predicted molar refractivity (Wildman–Crippen MR) is 72.9 cm³/mol. The van der Waals surface area contributed by atoms with Gasteiger partial charge in [0.1, 0.15) is 13.6 Å². The molecule has 0 saturated heterocycles. The first-order valence-corrected chi connectivity index (χ1v) is 5.71. The Morgan fingerprint density at radius 1 is 1.17 bits per heavy atom. The number of ketones is 1. The molecule has 0 unspecified atom stereocenters. The van der Waals surface area contributed by atoms with Gasteiger partial charge in [-0.3, -0.25) is 4.79 Å². The second kappa shape index (κ2) is 5.54. The molecule has 3 heteroatoms. The van der Waals surface area contributed by atoms with Crippen LogP contribution in [0.1, 0.15) is 15.9 Å². The van der Waals surface area contributed by atoms with Crippen LogP contribution in [-0.4, -0.2) is 20.7 Å². The van der Waals surface area contributed by atoms with Gasteiger partial charge >= 0.3 is 0 Å². The molecule has 0 bridgehead atoms. The highest BCUT2D eigenvalue weighted by Gasteiger charge is 2.11. The van der Waals surface area contributed by atoms with E-state index in [2.05, 4.69) is 0 Å². The summed E-state index contributed by atoms with van der Waals surface area (Å²) in [5.41, 5.74) is 2.17. The average Bonchev–Trinajstić information content (AvgIpc) is 2.38. The maximum absolute atomic E-state index is 12.2. The Morgan fingerprint density at radius 3 is 2.67 bits per heavy atom. The Balaban J connectivity index is 2.22. The minimum absolute atomic E-state index is 0.0260. The summed E-state index contributed by atoms with van der Waals surface area (Å²) < 4.78 is 5.18. The van der Waals surface area contributed by atoms with E-state index in [4.69, 9.17) is 12.6 Å². The van der Waals surface area contributed by atoms with Crippen molar-refractivity contribution in [1.82, 2.24) is 0 Å². The number of hydrogen-bond acceptors (Lipinski definition) is 2. The zero-order valence-corrected chi connectivity index (χ0v) is 10.2. The van der Waals surface area contributed by atoms with Gasteiger partial charge in [-0.15, -0.1) is 0 Å². The van der Waals surface area contributed by atoms with E-state index < -0.39 is 0 Å². The normalized spacial score (nSPS) is 10.1. The molecule has 0 fully saturated rings. The van der Waals surface area contributed by atoms with Gasteiger partial charge in [0.2, 0.25) is 0 Å². The SMILES string of the molecule is [B]c1cccc(CC(=O)c2ccccc2OC)c1. The predicted octanol–water partition coefficient (Wildman–Crippen LogP) is 1.91. The van der Waals surface area contributed by atoms with Gasteiger partial charge in [0.05, 0.1) is 12.7 Å². The molecule has 0 atom stereocenters. The third-order valence-corrected chi connectivity index (χ3v) is 2.72. The molecule has 0 aliphatic carbocycles. The second-order valence-electron chi connectivity index (χ2n) is 4.05. The minimum atomic E-state index is 0.0260. The Bertz CT molecular complexity index is 564. The van der Waals surface area contributed by atoms with Crippen molar-refractivity contribution >= 4 is 19.1 Å². The van der Waals surface area contributed by atoms with Gasteiger partial charge in [-0.25, -0.2) is 0 Å². The Kier molecular flexibility index (Phi) is 3.83. The lowest BCUT2D eigenvalue weighted by Crippen LogP contribution is -2.08. The molecule has 0 spiro atoms. The largest absolute Gasteiger partial charge is 0.496 e. The van der Waals surface area contributed by atoms with Crippen LogP contribution in [0.4, 0.5) is 0 Å². The van der Waals surface area contributed by atoms with Crippen molar-refractivity contribution < 1.29 is 9.53 Å². The highest BCUT2D eigenvalue weighted by Crippen LogP contribution is 2.19. The number of Topliss-reactive ketones (excluding diaryl/α,β-unsaturated/α-hetero) is 1. The average molecular weight is 236 g/mol. The van der Waals surface area contributed by atoms with Gasteiger partial charge in [0.15, 0.2) is 5.78 Å². The standard InChI is InChI=1S/C15H13BO2/c1-18-15-8-3-2-7-13(15)14(17)10-11-5-4-6-12(16)9-11/h2-9H,10H2,1H3. The highest BCUT2D eigenvalue weighted by molar-refractivity contribution is 6.32. The molecule has 0 heterocycles. The van der Waals surface area contributed by atoms with Gasteiger partial charge in [-0.05, 0) is 17.7 Å². The van der Waals surface area contributed by atoms with Crippen molar-refractivity contribution in [2.45, 2.75) is 6.42 Å². The first kappa shape index (κ1) is 12.4. The first-order valence-electron chi connectivity index (χ1n) is 5.71. The summed E-state index contributed by atoms with van der Waals surface area (Å²) in [5, 5.41) is 0. The van der Waals surface area contributed by atoms with Crippen molar-refractivity contribution in [2.75, 3.05) is 7.11 Å². The fourth-order valence-electron chi connectivity index (χ4n) is 1.86. The molecule has 0 amide bonds. The highest BCUT2D eigenvalue weighted by atomic mass is 16.5. The van der Waals surface area contributed by atoms with E-state index in [1.165, 1.54) is 0 Å². The smallest absolute Gasteiger partial charge is 0.170 e. The fourth-order valence-corrected chi connectivity index (χ4v) is 1.86. The Labute approximate surface area is 108 Å². The molecule has 2 radical (unpaired) electrons. The molecule has 2 nitrogen and oxygen atoms in total. The summed E-state index contributed by atoms with van der Waals surface area (Å²) in [7, 11) is 7.26. The van der Waals surface area contributed by atoms with Gasteiger partial charge in [0, 0.05) is 6.42 Å². The van der Waals surface area contributed by atoms with Crippen LogP contribution in [0.2, 0.25) is 0 Å². The van der Waals surface area contributed by atoms with Crippen molar-refractivity contribution in [3.05, 3.63) is 59.7 Å². The van der Waals surface area contributed by atoms with Crippen LogP contribution in [0.25, 0.3) is 0 Å². The third-order valence-electron chi connectivity index (χ3n) is 2.72. The fraction of sp³-hybridized carbons (Fsp3) is 0.133. The topological polar surface area (TPSA) is 26.3 Å². The molecule has 2 aromatic carbocycles. The van der Waals surface area contributed by atoms with Crippen molar-refractivity contribution in [3.8, 4) is 5.75 Å². The summed E-state index contributed by atoms with van der Waals surface area (Å²) in [5.74, 6) is 0.629. The van der Waals surface area contributed by atoms with Gasteiger partial charge < -0.3 is 4.74 Å². The molecule has 88 valence electrons. The Hall–Kier alpha value is -2.03. The number of hydrogen-bond donors (Lipinski definition) is 0. The summed E-state index contributed by atoms with van der Waals surface area (Å²) in [6.07, 6.45) is 0.325. The zero-order valence-electron chi connectivity index (χ0n) is 10.2. The number of ether oxygens (including phenoxy) is 1. The molecule has 2 aromatic rings. The molecule has 0 aromatic heterocycles. The lowest BCUT2D eigenvalue weighted by molar-refractivity contribution is 0.0990. The third kappa shape index (κ3) is 2.80. The van der Waals surface area contributed by atoms with E-state index in [0.29, 0.717) is 23.2 Å².